The molecule has 0 amide bonds. The number of nitrogens with one attached hydrogen (secondary N) is 1. The molecular formula is C10H15NO. The molecule has 0 aliphatic rings. The van der Waals surface area contributed by atoms with Gasteiger partial charge < -0.3 is 9.73 Å². The standard InChI is InChI=1S/C10H15NO/c1-4-5-10(11-3)9-6-8(2)12-7-9/h4,6-7,10-11H,1,5H2,2-3H3. The predicted molar refractivity (Wildman–Crippen MR) is 50.1 cm³/mol. The minimum Gasteiger partial charge on any atom is -0.469 e. The molecule has 0 spiro atoms. The minimum atomic E-state index is 0.333. The molecule has 0 aliphatic heterocycles. The lowest BCUT2D eigenvalue weighted by Gasteiger charge is -2.10. The van der Waals surface area contributed by atoms with Crippen LogP contribution in [0.25, 0.3) is 0 Å². The second kappa shape index (κ2) is 4.12. The van der Waals surface area contributed by atoms with Crippen LogP contribution in [-0.4, -0.2) is 7.05 Å². The molecule has 66 valence electrons. The second-order valence-corrected chi connectivity index (χ2v) is 2.86. The Labute approximate surface area is 73.3 Å². The average molecular weight is 165 g/mol. The lowest BCUT2D eigenvalue weighted by atomic mass is 10.1. The molecule has 0 fully saturated rings. The van der Waals surface area contributed by atoms with Crippen molar-refractivity contribution in [3.05, 3.63) is 36.3 Å². The van der Waals surface area contributed by atoms with Crippen molar-refractivity contribution < 1.29 is 4.42 Å². The van der Waals surface area contributed by atoms with E-state index < -0.39 is 0 Å². The molecule has 0 aromatic carbocycles. The Morgan fingerprint density at radius 3 is 2.92 bits per heavy atom. The van der Waals surface area contributed by atoms with Gasteiger partial charge in [0.25, 0.3) is 0 Å². The van der Waals surface area contributed by atoms with E-state index in [0.29, 0.717) is 6.04 Å². The van der Waals surface area contributed by atoms with E-state index in [9.17, 15) is 0 Å². The average Bonchev–Trinajstić information content (AvgIpc) is 2.47. The Hall–Kier alpha value is -1.02. The van der Waals surface area contributed by atoms with Crippen LogP contribution >= 0.6 is 0 Å². The first-order chi connectivity index (χ1) is 5.77. The molecule has 1 atom stereocenters. The van der Waals surface area contributed by atoms with Crippen molar-refractivity contribution in [1.82, 2.24) is 5.32 Å². The van der Waals surface area contributed by atoms with Crippen LogP contribution in [0.4, 0.5) is 0 Å². The van der Waals surface area contributed by atoms with E-state index in [1.54, 1.807) is 6.26 Å². The predicted octanol–water partition coefficient (Wildman–Crippen LogP) is 2.42. The molecular weight excluding hydrogens is 150 g/mol. The smallest absolute Gasteiger partial charge is 0.101 e. The maximum atomic E-state index is 5.22. The minimum absolute atomic E-state index is 0.333. The first-order valence-electron chi connectivity index (χ1n) is 4.11. The molecule has 0 bridgehead atoms. The fourth-order valence-electron chi connectivity index (χ4n) is 1.23. The Balaban J connectivity index is 2.72. The molecule has 1 rings (SSSR count). The van der Waals surface area contributed by atoms with Crippen LogP contribution in [0.15, 0.2) is 29.4 Å². The summed E-state index contributed by atoms with van der Waals surface area (Å²) in [6, 6.07) is 2.38. The van der Waals surface area contributed by atoms with Gasteiger partial charge in [0.15, 0.2) is 0 Å². The van der Waals surface area contributed by atoms with E-state index >= 15 is 0 Å². The van der Waals surface area contributed by atoms with Crippen LogP contribution in [-0.2, 0) is 0 Å². The summed E-state index contributed by atoms with van der Waals surface area (Å²) in [7, 11) is 1.94. The van der Waals surface area contributed by atoms with Gasteiger partial charge in [-0.05, 0) is 26.5 Å². The van der Waals surface area contributed by atoms with Gasteiger partial charge in [0.1, 0.15) is 5.76 Å². The van der Waals surface area contributed by atoms with E-state index in [4.69, 9.17) is 4.42 Å². The summed E-state index contributed by atoms with van der Waals surface area (Å²) in [4.78, 5) is 0. The van der Waals surface area contributed by atoms with Crippen molar-refractivity contribution in [1.29, 1.82) is 0 Å². The van der Waals surface area contributed by atoms with E-state index in [-0.39, 0.29) is 0 Å². The number of hydrogen-bond acceptors (Lipinski definition) is 2. The maximum absolute atomic E-state index is 5.22. The molecule has 1 N–H and O–H groups in total. The topological polar surface area (TPSA) is 25.2 Å². The SMILES string of the molecule is C=CCC(NC)c1coc(C)c1. The van der Waals surface area contributed by atoms with Gasteiger partial charge in [0, 0.05) is 11.6 Å². The Morgan fingerprint density at radius 1 is 1.75 bits per heavy atom. The molecule has 2 nitrogen and oxygen atoms in total. The Kier molecular flexibility index (Phi) is 3.11. The third kappa shape index (κ3) is 1.98. The van der Waals surface area contributed by atoms with E-state index in [1.165, 1.54) is 5.56 Å². The van der Waals surface area contributed by atoms with Gasteiger partial charge in [-0.25, -0.2) is 0 Å². The fraction of sp³-hybridized carbons (Fsp3) is 0.400. The van der Waals surface area contributed by atoms with E-state index in [2.05, 4.69) is 11.9 Å². The molecule has 1 unspecified atom stereocenters. The lowest BCUT2D eigenvalue weighted by molar-refractivity contribution is 0.521. The van der Waals surface area contributed by atoms with Crippen LogP contribution in [0.1, 0.15) is 23.8 Å². The highest BCUT2D eigenvalue weighted by atomic mass is 16.3. The van der Waals surface area contributed by atoms with E-state index in [0.717, 1.165) is 12.2 Å². The van der Waals surface area contributed by atoms with Gasteiger partial charge >= 0.3 is 0 Å². The van der Waals surface area contributed by atoms with Gasteiger partial charge in [-0.1, -0.05) is 6.08 Å². The first kappa shape index (κ1) is 9.07. The number of aryl methyl sites for hydroxylation is 1. The summed E-state index contributed by atoms with van der Waals surface area (Å²) in [5.41, 5.74) is 1.19. The van der Waals surface area contributed by atoms with Crippen LogP contribution in [0.2, 0.25) is 0 Å². The maximum Gasteiger partial charge on any atom is 0.101 e. The fourth-order valence-corrected chi connectivity index (χ4v) is 1.23. The zero-order chi connectivity index (χ0) is 8.97. The lowest BCUT2D eigenvalue weighted by Crippen LogP contribution is -2.14. The van der Waals surface area contributed by atoms with Crippen LogP contribution in [0.5, 0.6) is 0 Å². The van der Waals surface area contributed by atoms with Gasteiger partial charge in [-0.3, -0.25) is 0 Å². The highest BCUT2D eigenvalue weighted by molar-refractivity contribution is 5.16. The van der Waals surface area contributed by atoms with Gasteiger partial charge in [0.05, 0.1) is 6.26 Å². The highest BCUT2D eigenvalue weighted by Gasteiger charge is 2.08. The van der Waals surface area contributed by atoms with Crippen molar-refractivity contribution in [2.24, 2.45) is 0 Å². The van der Waals surface area contributed by atoms with Crippen LogP contribution < -0.4 is 5.32 Å². The number of hydrogen-bond donors (Lipinski definition) is 1. The molecule has 1 aromatic heterocycles. The summed E-state index contributed by atoms with van der Waals surface area (Å²) < 4.78 is 5.22. The van der Waals surface area contributed by atoms with Crippen molar-refractivity contribution >= 4 is 0 Å². The highest BCUT2D eigenvalue weighted by Crippen LogP contribution is 2.18. The zero-order valence-corrected chi connectivity index (χ0v) is 7.63. The molecule has 1 heterocycles. The monoisotopic (exact) mass is 165 g/mol. The molecule has 1 aromatic rings. The van der Waals surface area contributed by atoms with Crippen molar-refractivity contribution in [3.8, 4) is 0 Å². The number of furan rings is 1. The summed E-state index contributed by atoms with van der Waals surface area (Å²) in [6.07, 6.45) is 4.62. The van der Waals surface area contributed by atoms with E-state index in [1.807, 2.05) is 26.1 Å². The summed E-state index contributed by atoms with van der Waals surface area (Å²) in [5, 5.41) is 3.20. The molecule has 12 heavy (non-hydrogen) atoms. The third-order valence-electron chi connectivity index (χ3n) is 1.90. The molecule has 0 radical (unpaired) electrons. The van der Waals surface area contributed by atoms with Crippen LogP contribution in [0, 0.1) is 6.92 Å². The van der Waals surface area contributed by atoms with Gasteiger partial charge in [0.2, 0.25) is 0 Å². The molecule has 0 saturated heterocycles. The normalized spacial score (nSPS) is 12.8. The largest absolute Gasteiger partial charge is 0.469 e. The summed E-state index contributed by atoms with van der Waals surface area (Å²) >= 11 is 0. The summed E-state index contributed by atoms with van der Waals surface area (Å²) in [5.74, 6) is 0.953. The van der Waals surface area contributed by atoms with Crippen molar-refractivity contribution in [2.45, 2.75) is 19.4 Å². The van der Waals surface area contributed by atoms with Crippen molar-refractivity contribution in [2.75, 3.05) is 7.05 Å². The summed E-state index contributed by atoms with van der Waals surface area (Å²) in [6.45, 7) is 5.66. The Bertz CT molecular complexity index is 252. The Morgan fingerprint density at radius 2 is 2.50 bits per heavy atom. The van der Waals surface area contributed by atoms with Crippen LogP contribution in [0.3, 0.4) is 0 Å². The zero-order valence-electron chi connectivity index (χ0n) is 7.63. The quantitative estimate of drug-likeness (QED) is 0.693. The molecule has 0 saturated carbocycles. The number of rotatable bonds is 4. The molecule has 0 aliphatic carbocycles. The third-order valence-corrected chi connectivity index (χ3v) is 1.90. The van der Waals surface area contributed by atoms with Crippen molar-refractivity contribution in [3.63, 3.8) is 0 Å². The van der Waals surface area contributed by atoms with Gasteiger partial charge in [-0.2, -0.15) is 0 Å². The first-order valence-corrected chi connectivity index (χ1v) is 4.11. The second-order valence-electron chi connectivity index (χ2n) is 2.86. The molecule has 2 heteroatoms. The van der Waals surface area contributed by atoms with Gasteiger partial charge in [-0.15, -0.1) is 6.58 Å².